The number of nitrogens with two attached hydrogens (primary N) is 2. The maximum atomic E-state index is 5.86. The first-order valence-electron chi connectivity index (χ1n) is 5.15. The molecular weight excluding hydrogens is 234 g/mol. The molecule has 5 nitrogen and oxygen atoms in total. The van der Waals surface area contributed by atoms with E-state index in [1.165, 1.54) is 11.3 Å². The van der Waals surface area contributed by atoms with Crippen molar-refractivity contribution >= 4 is 43.5 Å². The fourth-order valence-corrected chi connectivity index (χ4v) is 3.15. The van der Waals surface area contributed by atoms with Crippen LogP contribution in [0.25, 0.3) is 20.4 Å². The Morgan fingerprint density at radius 3 is 2.65 bits per heavy atom. The molecule has 0 aliphatic carbocycles. The van der Waals surface area contributed by atoms with Crippen LogP contribution >= 0.6 is 11.3 Å². The van der Waals surface area contributed by atoms with Crippen LogP contribution in [0.4, 0.5) is 11.8 Å². The minimum absolute atomic E-state index is 0.203. The topological polar surface area (TPSA) is 90.7 Å². The van der Waals surface area contributed by atoms with Crippen LogP contribution in [0.2, 0.25) is 0 Å². The predicted octanol–water partition coefficient (Wildman–Crippen LogP) is 2.02. The van der Waals surface area contributed by atoms with Crippen LogP contribution in [0.5, 0.6) is 0 Å². The van der Waals surface area contributed by atoms with Crippen molar-refractivity contribution in [3.63, 3.8) is 0 Å². The maximum absolute atomic E-state index is 5.86. The van der Waals surface area contributed by atoms with Crippen LogP contribution in [-0.2, 0) is 0 Å². The molecule has 0 saturated carbocycles. The number of hydrogen-bond donors (Lipinski definition) is 2. The Kier molecular flexibility index (Phi) is 1.97. The summed E-state index contributed by atoms with van der Waals surface area (Å²) in [6.07, 6.45) is 0. The molecule has 0 aliphatic heterocycles. The van der Waals surface area contributed by atoms with Gasteiger partial charge in [0.15, 0.2) is 0 Å². The molecule has 3 aromatic heterocycles. The Balaban J connectivity index is 2.60. The summed E-state index contributed by atoms with van der Waals surface area (Å²) in [5.41, 5.74) is 14.4. The number of hydrogen-bond acceptors (Lipinski definition) is 6. The zero-order chi connectivity index (χ0) is 12.2. The van der Waals surface area contributed by atoms with Crippen molar-refractivity contribution in [3.8, 4) is 0 Å². The second kappa shape index (κ2) is 3.27. The number of nitrogen functional groups attached to an aromatic ring is 2. The summed E-state index contributed by atoms with van der Waals surface area (Å²) >= 11 is 1.51. The lowest BCUT2D eigenvalue weighted by Crippen LogP contribution is -1.98. The molecule has 0 atom stereocenters. The Morgan fingerprint density at radius 2 is 1.88 bits per heavy atom. The minimum Gasteiger partial charge on any atom is -0.382 e. The Labute approximate surface area is 102 Å². The molecule has 0 fully saturated rings. The third-order valence-electron chi connectivity index (χ3n) is 2.66. The average molecular weight is 245 g/mol. The lowest BCUT2D eigenvalue weighted by Gasteiger charge is -1.99. The number of fused-ring (bicyclic) bond motifs is 3. The van der Waals surface area contributed by atoms with Gasteiger partial charge >= 0.3 is 0 Å². The van der Waals surface area contributed by atoms with E-state index in [1.807, 2.05) is 19.9 Å². The standard InChI is InChI=1S/C11H11N5S/c1-4-3-5(2)14-10-6(4)7-8(17-10)9(12)16-11(13)15-7/h3H,1-2H3,(H4,12,13,15,16). The highest BCUT2D eigenvalue weighted by molar-refractivity contribution is 7.26. The van der Waals surface area contributed by atoms with Gasteiger partial charge in [-0.2, -0.15) is 4.98 Å². The molecule has 4 N–H and O–H groups in total. The zero-order valence-electron chi connectivity index (χ0n) is 9.48. The largest absolute Gasteiger partial charge is 0.382 e. The van der Waals surface area contributed by atoms with Crippen LogP contribution < -0.4 is 11.5 Å². The van der Waals surface area contributed by atoms with Gasteiger partial charge in [-0.1, -0.05) is 0 Å². The van der Waals surface area contributed by atoms with E-state index >= 15 is 0 Å². The first kappa shape index (κ1) is 10.2. The summed E-state index contributed by atoms with van der Waals surface area (Å²) in [6.45, 7) is 4.01. The Bertz CT molecular complexity index is 747. The monoisotopic (exact) mass is 245 g/mol. The normalized spacial score (nSPS) is 11.4. The molecule has 0 amide bonds. The smallest absolute Gasteiger partial charge is 0.222 e. The second-order valence-electron chi connectivity index (χ2n) is 4.01. The molecule has 86 valence electrons. The fraction of sp³-hybridized carbons (Fsp3) is 0.182. The van der Waals surface area contributed by atoms with Crippen molar-refractivity contribution in [2.45, 2.75) is 13.8 Å². The van der Waals surface area contributed by atoms with Gasteiger partial charge in [-0.05, 0) is 25.5 Å². The number of nitrogens with zero attached hydrogens (tertiary/aromatic N) is 3. The van der Waals surface area contributed by atoms with E-state index in [-0.39, 0.29) is 5.95 Å². The third kappa shape index (κ3) is 1.41. The van der Waals surface area contributed by atoms with Crippen molar-refractivity contribution in [2.24, 2.45) is 0 Å². The van der Waals surface area contributed by atoms with E-state index in [2.05, 4.69) is 15.0 Å². The van der Waals surface area contributed by atoms with Crippen molar-refractivity contribution in [1.82, 2.24) is 15.0 Å². The van der Waals surface area contributed by atoms with Crippen LogP contribution in [0.1, 0.15) is 11.3 Å². The molecule has 0 spiro atoms. The van der Waals surface area contributed by atoms with E-state index in [0.717, 1.165) is 31.7 Å². The highest BCUT2D eigenvalue weighted by Crippen LogP contribution is 2.36. The molecule has 0 aliphatic rings. The molecule has 17 heavy (non-hydrogen) atoms. The van der Waals surface area contributed by atoms with Gasteiger partial charge in [0.1, 0.15) is 10.6 Å². The van der Waals surface area contributed by atoms with E-state index in [4.69, 9.17) is 11.5 Å². The zero-order valence-corrected chi connectivity index (χ0v) is 10.3. The Hall–Kier alpha value is -1.95. The molecule has 0 bridgehead atoms. The number of aryl methyl sites for hydroxylation is 2. The van der Waals surface area contributed by atoms with Crippen LogP contribution in [0.3, 0.4) is 0 Å². The van der Waals surface area contributed by atoms with E-state index in [9.17, 15) is 0 Å². The molecule has 3 rings (SSSR count). The molecule has 0 radical (unpaired) electrons. The lowest BCUT2D eigenvalue weighted by atomic mass is 10.1. The van der Waals surface area contributed by atoms with Gasteiger partial charge in [0.25, 0.3) is 0 Å². The summed E-state index contributed by atoms with van der Waals surface area (Å²) in [5, 5.41) is 1.02. The summed E-state index contributed by atoms with van der Waals surface area (Å²) in [6, 6.07) is 2.03. The second-order valence-corrected chi connectivity index (χ2v) is 5.01. The quantitative estimate of drug-likeness (QED) is 0.632. The molecule has 6 heteroatoms. The van der Waals surface area contributed by atoms with Gasteiger partial charge in [-0.3, -0.25) is 0 Å². The number of anilines is 2. The fourth-order valence-electron chi connectivity index (χ4n) is 2.02. The van der Waals surface area contributed by atoms with Crippen molar-refractivity contribution in [3.05, 3.63) is 17.3 Å². The third-order valence-corrected chi connectivity index (χ3v) is 3.75. The molecule has 3 heterocycles. The summed E-state index contributed by atoms with van der Waals surface area (Å²) in [5.74, 6) is 0.627. The number of rotatable bonds is 0. The summed E-state index contributed by atoms with van der Waals surface area (Å²) in [4.78, 5) is 13.7. The predicted molar refractivity (Wildman–Crippen MR) is 71.0 cm³/mol. The number of thiophene rings is 1. The maximum Gasteiger partial charge on any atom is 0.222 e. The molecule has 0 unspecified atom stereocenters. The lowest BCUT2D eigenvalue weighted by molar-refractivity contribution is 1.24. The van der Waals surface area contributed by atoms with E-state index in [1.54, 1.807) is 0 Å². The highest BCUT2D eigenvalue weighted by Gasteiger charge is 2.14. The van der Waals surface area contributed by atoms with Gasteiger partial charge in [-0.25, -0.2) is 9.97 Å². The summed E-state index contributed by atoms with van der Waals surface area (Å²) in [7, 11) is 0. The van der Waals surface area contributed by atoms with Crippen molar-refractivity contribution < 1.29 is 0 Å². The first-order valence-corrected chi connectivity index (χ1v) is 5.97. The molecular formula is C11H11N5S. The van der Waals surface area contributed by atoms with Crippen molar-refractivity contribution in [2.75, 3.05) is 11.5 Å². The molecule has 0 aromatic carbocycles. The van der Waals surface area contributed by atoms with Crippen LogP contribution in [-0.4, -0.2) is 15.0 Å². The SMILES string of the molecule is Cc1cc(C)c2c(n1)sc1c(N)nc(N)nc12. The highest BCUT2D eigenvalue weighted by atomic mass is 32.1. The summed E-state index contributed by atoms with van der Waals surface area (Å²) < 4.78 is 0.857. The van der Waals surface area contributed by atoms with Crippen LogP contribution in [0, 0.1) is 13.8 Å². The van der Waals surface area contributed by atoms with Gasteiger partial charge < -0.3 is 11.5 Å². The minimum atomic E-state index is 0.203. The first-order chi connectivity index (χ1) is 8.06. The van der Waals surface area contributed by atoms with Gasteiger partial charge in [0.2, 0.25) is 5.95 Å². The van der Waals surface area contributed by atoms with Crippen LogP contribution in [0.15, 0.2) is 6.07 Å². The Morgan fingerprint density at radius 1 is 1.12 bits per heavy atom. The van der Waals surface area contributed by atoms with Gasteiger partial charge in [0, 0.05) is 11.1 Å². The van der Waals surface area contributed by atoms with Gasteiger partial charge in [0.05, 0.1) is 10.2 Å². The molecule has 0 saturated heterocycles. The molecule has 3 aromatic rings. The number of aromatic nitrogens is 3. The van der Waals surface area contributed by atoms with Gasteiger partial charge in [-0.15, -0.1) is 11.3 Å². The van der Waals surface area contributed by atoms with E-state index in [0.29, 0.717) is 5.82 Å². The van der Waals surface area contributed by atoms with E-state index < -0.39 is 0 Å². The number of pyridine rings is 1. The van der Waals surface area contributed by atoms with Crippen molar-refractivity contribution in [1.29, 1.82) is 0 Å². The average Bonchev–Trinajstić information content (AvgIpc) is 2.56.